The molecule has 0 saturated carbocycles. The standard InChI is InChI=1S/C18H13ClN2O4/c1-25-18(24)11-4-7-13-15(9-11)20-16(21-17(13)23)14(19)8-10-2-5-12(22)6-3-10/h2-9,22H,1H3,(H,20,21,23)/b14-8-. The summed E-state index contributed by atoms with van der Waals surface area (Å²) < 4.78 is 4.67. The lowest BCUT2D eigenvalue weighted by atomic mass is 10.1. The van der Waals surface area contributed by atoms with Gasteiger partial charge >= 0.3 is 5.97 Å². The Morgan fingerprint density at radius 2 is 1.96 bits per heavy atom. The molecular formula is C18H13ClN2O4. The fraction of sp³-hybridized carbons (Fsp3) is 0.0556. The summed E-state index contributed by atoms with van der Waals surface area (Å²) in [4.78, 5) is 30.8. The van der Waals surface area contributed by atoms with Crippen molar-refractivity contribution in [1.82, 2.24) is 9.97 Å². The Hall–Kier alpha value is -3.12. The number of benzene rings is 2. The van der Waals surface area contributed by atoms with Gasteiger partial charge in [-0.25, -0.2) is 9.78 Å². The third-order valence-corrected chi connectivity index (χ3v) is 3.83. The second-order valence-corrected chi connectivity index (χ2v) is 5.63. The number of hydrogen-bond donors (Lipinski definition) is 2. The van der Waals surface area contributed by atoms with Gasteiger partial charge < -0.3 is 14.8 Å². The van der Waals surface area contributed by atoms with Crippen LogP contribution in [0.3, 0.4) is 0 Å². The van der Waals surface area contributed by atoms with Crippen molar-refractivity contribution in [3.8, 4) is 5.75 Å². The molecule has 0 bridgehead atoms. The molecule has 0 atom stereocenters. The van der Waals surface area contributed by atoms with E-state index in [1.54, 1.807) is 18.2 Å². The molecule has 0 aliphatic rings. The summed E-state index contributed by atoms with van der Waals surface area (Å²) in [7, 11) is 1.28. The molecular weight excluding hydrogens is 344 g/mol. The maximum Gasteiger partial charge on any atom is 0.337 e. The minimum Gasteiger partial charge on any atom is -0.508 e. The van der Waals surface area contributed by atoms with Gasteiger partial charge in [0.05, 0.1) is 28.6 Å². The molecule has 0 aliphatic heterocycles. The summed E-state index contributed by atoms with van der Waals surface area (Å²) in [5.41, 5.74) is 0.985. The van der Waals surface area contributed by atoms with Crippen LogP contribution in [0.4, 0.5) is 0 Å². The van der Waals surface area contributed by atoms with E-state index in [1.807, 2.05) is 0 Å². The number of phenols is 1. The van der Waals surface area contributed by atoms with Crippen molar-refractivity contribution in [3.05, 3.63) is 69.8 Å². The first kappa shape index (κ1) is 16.7. The number of carbonyl (C=O) groups is 1. The van der Waals surface area contributed by atoms with Gasteiger partial charge in [0.15, 0.2) is 5.82 Å². The third-order valence-electron chi connectivity index (χ3n) is 3.54. The molecule has 0 amide bonds. The molecule has 3 aromatic rings. The Kier molecular flexibility index (Phi) is 4.54. The van der Waals surface area contributed by atoms with Crippen molar-refractivity contribution in [2.75, 3.05) is 7.11 Å². The van der Waals surface area contributed by atoms with Gasteiger partial charge in [0.25, 0.3) is 5.56 Å². The first-order valence-electron chi connectivity index (χ1n) is 7.27. The number of ether oxygens (including phenoxy) is 1. The molecule has 1 heterocycles. The van der Waals surface area contributed by atoms with Crippen molar-refractivity contribution in [2.45, 2.75) is 0 Å². The summed E-state index contributed by atoms with van der Waals surface area (Å²) in [5.74, 6) is -0.202. The average Bonchev–Trinajstić information content (AvgIpc) is 2.62. The number of nitrogens with zero attached hydrogens (tertiary/aromatic N) is 1. The van der Waals surface area contributed by atoms with E-state index in [0.717, 1.165) is 5.56 Å². The van der Waals surface area contributed by atoms with Gasteiger partial charge in [-0.1, -0.05) is 23.7 Å². The Bertz CT molecular complexity index is 1040. The van der Waals surface area contributed by atoms with Crippen molar-refractivity contribution in [3.63, 3.8) is 0 Å². The second kappa shape index (κ2) is 6.78. The summed E-state index contributed by atoms with van der Waals surface area (Å²) in [6.45, 7) is 0. The lowest BCUT2D eigenvalue weighted by molar-refractivity contribution is 0.0601. The highest BCUT2D eigenvalue weighted by molar-refractivity contribution is 6.50. The number of H-pyrrole nitrogens is 1. The van der Waals surface area contributed by atoms with E-state index in [0.29, 0.717) is 10.9 Å². The zero-order valence-corrected chi connectivity index (χ0v) is 13.9. The van der Waals surface area contributed by atoms with Gasteiger partial charge in [0, 0.05) is 0 Å². The van der Waals surface area contributed by atoms with E-state index in [1.165, 1.54) is 37.4 Å². The van der Waals surface area contributed by atoms with Crippen LogP contribution in [0.1, 0.15) is 21.7 Å². The number of aromatic nitrogens is 2. The molecule has 7 heteroatoms. The largest absolute Gasteiger partial charge is 0.508 e. The monoisotopic (exact) mass is 356 g/mol. The lowest BCUT2D eigenvalue weighted by Gasteiger charge is -2.04. The van der Waals surface area contributed by atoms with Crippen LogP contribution in [-0.4, -0.2) is 28.2 Å². The zero-order valence-electron chi connectivity index (χ0n) is 13.1. The number of rotatable bonds is 3. The number of hydrogen-bond acceptors (Lipinski definition) is 5. The van der Waals surface area contributed by atoms with E-state index in [4.69, 9.17) is 11.6 Å². The van der Waals surface area contributed by atoms with E-state index >= 15 is 0 Å². The molecule has 0 fully saturated rings. The highest BCUT2D eigenvalue weighted by Gasteiger charge is 2.11. The Morgan fingerprint density at radius 3 is 2.64 bits per heavy atom. The second-order valence-electron chi connectivity index (χ2n) is 5.22. The molecule has 25 heavy (non-hydrogen) atoms. The summed E-state index contributed by atoms with van der Waals surface area (Å²) in [6.07, 6.45) is 1.61. The molecule has 0 saturated heterocycles. The summed E-state index contributed by atoms with van der Waals surface area (Å²) >= 11 is 6.26. The number of methoxy groups -OCH3 is 1. The first-order valence-corrected chi connectivity index (χ1v) is 7.65. The van der Waals surface area contributed by atoms with Crippen LogP contribution in [0.2, 0.25) is 0 Å². The smallest absolute Gasteiger partial charge is 0.337 e. The molecule has 2 aromatic carbocycles. The van der Waals surface area contributed by atoms with Crippen molar-refractivity contribution >= 4 is 39.6 Å². The normalized spacial score (nSPS) is 11.5. The van der Waals surface area contributed by atoms with Crippen LogP contribution in [0, 0.1) is 0 Å². The number of carbonyl (C=O) groups excluding carboxylic acids is 1. The molecule has 0 unspecified atom stereocenters. The Morgan fingerprint density at radius 1 is 1.24 bits per heavy atom. The molecule has 0 aliphatic carbocycles. The van der Waals surface area contributed by atoms with E-state index in [2.05, 4.69) is 14.7 Å². The molecule has 1 aromatic heterocycles. The molecule has 3 rings (SSSR count). The van der Waals surface area contributed by atoms with Crippen LogP contribution >= 0.6 is 11.6 Å². The van der Waals surface area contributed by atoms with Crippen molar-refractivity contribution < 1.29 is 14.6 Å². The number of phenolic OH excluding ortho intramolecular Hbond substituents is 1. The SMILES string of the molecule is COC(=O)c1ccc2c(=O)[nH]c(/C(Cl)=C/c3ccc(O)cc3)nc2c1. The minimum atomic E-state index is -0.517. The minimum absolute atomic E-state index is 0.140. The van der Waals surface area contributed by atoms with Gasteiger partial charge in [0.2, 0.25) is 0 Å². The molecule has 6 nitrogen and oxygen atoms in total. The van der Waals surface area contributed by atoms with Gasteiger partial charge in [-0.3, -0.25) is 4.79 Å². The van der Waals surface area contributed by atoms with E-state index in [-0.39, 0.29) is 27.7 Å². The number of fused-ring (bicyclic) bond motifs is 1. The van der Waals surface area contributed by atoms with Crippen LogP contribution in [0.25, 0.3) is 22.0 Å². The predicted molar refractivity (Wildman–Crippen MR) is 95.5 cm³/mol. The zero-order chi connectivity index (χ0) is 18.0. The molecule has 0 spiro atoms. The number of aromatic hydroxyl groups is 1. The maximum atomic E-state index is 12.2. The quantitative estimate of drug-likeness (QED) is 0.703. The Balaban J connectivity index is 2.08. The predicted octanol–water partition coefficient (Wildman–Crippen LogP) is 3.15. The highest BCUT2D eigenvalue weighted by Crippen LogP contribution is 2.21. The Labute approximate surface area is 147 Å². The van der Waals surface area contributed by atoms with E-state index in [9.17, 15) is 14.7 Å². The number of aromatic amines is 1. The molecule has 126 valence electrons. The summed E-state index contributed by atoms with van der Waals surface area (Å²) in [6, 6.07) is 10.9. The molecule has 0 radical (unpaired) electrons. The topological polar surface area (TPSA) is 92.3 Å². The van der Waals surface area contributed by atoms with Gasteiger partial charge in [0.1, 0.15) is 5.75 Å². The number of nitrogens with one attached hydrogen (secondary N) is 1. The van der Waals surface area contributed by atoms with Crippen LogP contribution < -0.4 is 5.56 Å². The number of esters is 1. The average molecular weight is 357 g/mol. The van der Waals surface area contributed by atoms with Crippen LogP contribution in [0.15, 0.2) is 47.3 Å². The number of halogens is 1. The third kappa shape index (κ3) is 3.54. The fourth-order valence-electron chi connectivity index (χ4n) is 2.28. The maximum absolute atomic E-state index is 12.2. The van der Waals surface area contributed by atoms with Gasteiger partial charge in [-0.15, -0.1) is 0 Å². The summed E-state index contributed by atoms with van der Waals surface area (Å²) in [5, 5.41) is 9.86. The van der Waals surface area contributed by atoms with Gasteiger partial charge in [-0.2, -0.15) is 0 Å². The lowest BCUT2D eigenvalue weighted by Crippen LogP contribution is -2.11. The van der Waals surface area contributed by atoms with Crippen molar-refractivity contribution in [2.24, 2.45) is 0 Å². The van der Waals surface area contributed by atoms with E-state index < -0.39 is 5.97 Å². The van der Waals surface area contributed by atoms with Gasteiger partial charge in [-0.05, 0) is 42.0 Å². The molecule has 2 N–H and O–H groups in total. The van der Waals surface area contributed by atoms with Crippen molar-refractivity contribution in [1.29, 1.82) is 0 Å². The fourth-order valence-corrected chi connectivity index (χ4v) is 2.50. The highest BCUT2D eigenvalue weighted by atomic mass is 35.5. The van der Waals surface area contributed by atoms with Crippen LogP contribution in [0.5, 0.6) is 5.75 Å². The first-order chi connectivity index (χ1) is 12.0. The van der Waals surface area contributed by atoms with Crippen LogP contribution in [-0.2, 0) is 4.74 Å².